The summed E-state index contributed by atoms with van der Waals surface area (Å²) in [6, 6.07) is 49.7. The first-order chi connectivity index (χ1) is 23.7. The molecule has 6 aromatic carbocycles. The van der Waals surface area contributed by atoms with E-state index in [1.54, 1.807) is 6.08 Å². The van der Waals surface area contributed by atoms with Crippen LogP contribution < -0.4 is 5.73 Å². The van der Waals surface area contributed by atoms with Gasteiger partial charge in [-0.15, -0.1) is 0 Å². The van der Waals surface area contributed by atoms with Crippen molar-refractivity contribution in [3.63, 3.8) is 0 Å². The topological polar surface area (TPSA) is 63.9 Å². The zero-order valence-electron chi connectivity index (χ0n) is 26.6. The fourth-order valence-electron chi connectivity index (χ4n) is 6.09. The van der Waals surface area contributed by atoms with E-state index in [0.29, 0.717) is 24.6 Å². The Labute approximate surface area is 280 Å². The molecule has 0 radical (unpaired) electrons. The third-order valence-electron chi connectivity index (χ3n) is 8.45. The van der Waals surface area contributed by atoms with Crippen LogP contribution in [0.15, 0.2) is 179 Å². The van der Waals surface area contributed by atoms with Crippen LogP contribution in [0.1, 0.15) is 22.3 Å². The number of aliphatic imine (C=N–C) groups is 2. The van der Waals surface area contributed by atoms with Crippen molar-refractivity contribution in [3.8, 4) is 22.3 Å². The average Bonchev–Trinajstić information content (AvgIpc) is 3.53. The molecule has 0 spiro atoms. The second kappa shape index (κ2) is 14.0. The molecular weight excluding hydrogens is 587 g/mol. The number of allylic oxidation sites excluding steroid dienone is 2. The Morgan fingerprint density at radius 1 is 0.646 bits per heavy atom. The molecule has 2 N–H and O–H groups in total. The highest BCUT2D eigenvalue weighted by atomic mass is 16.3. The summed E-state index contributed by atoms with van der Waals surface area (Å²) >= 11 is 0. The summed E-state index contributed by atoms with van der Waals surface area (Å²) in [7, 11) is 0. The molecule has 0 aliphatic rings. The lowest BCUT2D eigenvalue weighted by molar-refractivity contribution is 0.669. The third kappa shape index (κ3) is 6.51. The van der Waals surface area contributed by atoms with Gasteiger partial charge in [0.2, 0.25) is 0 Å². The quantitative estimate of drug-likeness (QED) is 0.0990. The molecule has 0 unspecified atom stereocenters. The highest BCUT2D eigenvalue weighted by molar-refractivity contribution is 6.22. The van der Waals surface area contributed by atoms with E-state index >= 15 is 0 Å². The Morgan fingerprint density at radius 3 is 2.06 bits per heavy atom. The number of hydrogen-bond acceptors (Lipinski definition) is 2. The summed E-state index contributed by atoms with van der Waals surface area (Å²) in [5.41, 5.74) is 17.1. The molecule has 4 nitrogen and oxygen atoms in total. The van der Waals surface area contributed by atoms with Crippen LogP contribution in [0.2, 0.25) is 0 Å². The maximum Gasteiger partial charge on any atom is 0.136 e. The maximum absolute atomic E-state index is 6.93. The highest BCUT2D eigenvalue weighted by Crippen LogP contribution is 2.38. The van der Waals surface area contributed by atoms with Crippen molar-refractivity contribution in [2.24, 2.45) is 15.7 Å². The van der Waals surface area contributed by atoms with Gasteiger partial charge in [0, 0.05) is 22.8 Å². The van der Waals surface area contributed by atoms with Gasteiger partial charge in [-0.2, -0.15) is 0 Å². The number of fused-ring (bicyclic) bond motifs is 3. The third-order valence-corrected chi connectivity index (χ3v) is 8.45. The van der Waals surface area contributed by atoms with Gasteiger partial charge in [0.25, 0.3) is 0 Å². The molecule has 0 atom stereocenters. The number of nitrogens with two attached hydrogens (primary N) is 1. The predicted octanol–water partition coefficient (Wildman–Crippen LogP) is 10.7. The smallest absolute Gasteiger partial charge is 0.136 e. The summed E-state index contributed by atoms with van der Waals surface area (Å²) in [6.45, 7) is 4.33. The molecule has 48 heavy (non-hydrogen) atoms. The molecule has 0 saturated carbocycles. The average molecular weight is 622 g/mol. The molecule has 0 fully saturated rings. The second-order valence-electron chi connectivity index (χ2n) is 11.6. The van der Waals surface area contributed by atoms with Crippen LogP contribution in [-0.4, -0.2) is 11.7 Å². The summed E-state index contributed by atoms with van der Waals surface area (Å²) in [5.74, 6) is 1.04. The van der Waals surface area contributed by atoms with E-state index in [1.807, 2.05) is 72.8 Å². The Kier molecular flexibility index (Phi) is 8.88. The standard InChI is InChI=1S/C44H35N3O/c1-2-3-16-33-19-10-11-20-36(33)29-41(46-30-31-14-6-4-7-15-31)47-44(45)38-22-13-24-40-43(38)42-37(21-12-23-39(42)48-40)35-27-25-34(26-28-35)32-17-8-5-9-18-32/h2-28H,1,29-30H2,(H2,45,46,47)/b16-3-. The van der Waals surface area contributed by atoms with Crippen molar-refractivity contribution in [1.29, 1.82) is 0 Å². The number of hydrogen-bond donors (Lipinski definition) is 1. The number of amidine groups is 2. The number of benzene rings is 6. The van der Waals surface area contributed by atoms with Crippen LogP contribution in [0, 0.1) is 0 Å². The minimum Gasteiger partial charge on any atom is -0.456 e. The zero-order valence-corrected chi connectivity index (χ0v) is 26.6. The van der Waals surface area contributed by atoms with Crippen LogP contribution in [-0.2, 0) is 13.0 Å². The van der Waals surface area contributed by atoms with Gasteiger partial charge < -0.3 is 10.2 Å². The van der Waals surface area contributed by atoms with E-state index in [2.05, 4.69) is 91.5 Å². The van der Waals surface area contributed by atoms with Crippen molar-refractivity contribution in [1.82, 2.24) is 0 Å². The highest BCUT2D eigenvalue weighted by Gasteiger charge is 2.18. The van der Waals surface area contributed by atoms with E-state index in [0.717, 1.165) is 55.3 Å². The molecule has 232 valence electrons. The van der Waals surface area contributed by atoms with Crippen LogP contribution in [0.5, 0.6) is 0 Å². The summed E-state index contributed by atoms with van der Waals surface area (Å²) < 4.78 is 6.40. The first-order valence-electron chi connectivity index (χ1n) is 16.1. The molecule has 0 amide bonds. The molecular formula is C44H35N3O. The summed E-state index contributed by atoms with van der Waals surface area (Å²) in [4.78, 5) is 10.0. The normalized spacial score (nSPS) is 12.2. The Bertz CT molecular complexity index is 2290. The molecule has 1 aromatic heterocycles. The molecule has 0 saturated heterocycles. The second-order valence-corrected chi connectivity index (χ2v) is 11.6. The fourth-order valence-corrected chi connectivity index (χ4v) is 6.09. The van der Waals surface area contributed by atoms with Crippen LogP contribution in [0.4, 0.5) is 0 Å². The van der Waals surface area contributed by atoms with Gasteiger partial charge in [-0.1, -0.05) is 158 Å². The van der Waals surface area contributed by atoms with Crippen molar-refractivity contribution >= 4 is 39.7 Å². The lowest BCUT2D eigenvalue weighted by Gasteiger charge is -2.10. The van der Waals surface area contributed by atoms with Gasteiger partial charge in [0.05, 0.1) is 6.54 Å². The lowest BCUT2D eigenvalue weighted by Crippen LogP contribution is -2.17. The van der Waals surface area contributed by atoms with Gasteiger partial charge >= 0.3 is 0 Å². The van der Waals surface area contributed by atoms with Gasteiger partial charge in [-0.3, -0.25) is 4.99 Å². The molecule has 0 aliphatic heterocycles. The van der Waals surface area contributed by atoms with E-state index < -0.39 is 0 Å². The lowest BCUT2D eigenvalue weighted by atomic mass is 9.95. The molecule has 1 heterocycles. The van der Waals surface area contributed by atoms with Crippen molar-refractivity contribution in [3.05, 3.63) is 187 Å². The monoisotopic (exact) mass is 621 g/mol. The maximum atomic E-state index is 6.93. The van der Waals surface area contributed by atoms with Crippen LogP contribution >= 0.6 is 0 Å². The first-order valence-corrected chi connectivity index (χ1v) is 16.1. The molecule has 0 aliphatic carbocycles. The largest absolute Gasteiger partial charge is 0.456 e. The Balaban J connectivity index is 1.32. The van der Waals surface area contributed by atoms with Crippen molar-refractivity contribution < 1.29 is 4.42 Å². The Morgan fingerprint density at radius 2 is 1.29 bits per heavy atom. The number of rotatable bonds is 9. The minimum absolute atomic E-state index is 0.392. The van der Waals surface area contributed by atoms with E-state index in [1.165, 1.54) is 11.1 Å². The van der Waals surface area contributed by atoms with E-state index in [-0.39, 0.29) is 0 Å². The minimum atomic E-state index is 0.392. The van der Waals surface area contributed by atoms with Crippen molar-refractivity contribution in [2.45, 2.75) is 13.0 Å². The van der Waals surface area contributed by atoms with Crippen LogP contribution in [0.3, 0.4) is 0 Å². The van der Waals surface area contributed by atoms with Gasteiger partial charge in [-0.25, -0.2) is 4.99 Å². The fraction of sp³-hybridized carbons (Fsp3) is 0.0455. The molecule has 7 rings (SSSR count). The molecule has 4 heteroatoms. The molecule has 0 bridgehead atoms. The molecule has 7 aromatic rings. The van der Waals surface area contributed by atoms with Crippen LogP contribution in [0.25, 0.3) is 50.3 Å². The Hall–Kier alpha value is -6.26. The summed E-state index contributed by atoms with van der Waals surface area (Å²) in [5, 5.41) is 1.95. The number of furan rings is 1. The SMILES string of the molecule is C=C/C=C\c1ccccc1CC(=N/Cc1ccccc1)/N=C(\N)c1cccc2oc3cccc(-c4ccc(-c5ccccc5)cc4)c3c12. The van der Waals surface area contributed by atoms with Gasteiger partial charge in [0.15, 0.2) is 0 Å². The van der Waals surface area contributed by atoms with Gasteiger partial charge in [-0.05, 0) is 51.1 Å². The van der Waals surface area contributed by atoms with Gasteiger partial charge in [0.1, 0.15) is 22.8 Å². The van der Waals surface area contributed by atoms with Crippen molar-refractivity contribution in [2.75, 3.05) is 0 Å². The van der Waals surface area contributed by atoms with E-state index in [4.69, 9.17) is 20.1 Å². The summed E-state index contributed by atoms with van der Waals surface area (Å²) in [6.07, 6.45) is 6.29. The first kappa shape index (κ1) is 30.4. The predicted molar refractivity (Wildman–Crippen MR) is 202 cm³/mol. The zero-order chi connectivity index (χ0) is 32.7. The van der Waals surface area contributed by atoms with E-state index in [9.17, 15) is 0 Å². The number of nitrogens with zero attached hydrogens (tertiary/aromatic N) is 2.